The van der Waals surface area contributed by atoms with Crippen LogP contribution in [0.15, 0.2) is 52.4 Å². The van der Waals surface area contributed by atoms with E-state index in [1.54, 1.807) is 30.0 Å². The molecule has 0 bridgehead atoms. The monoisotopic (exact) mass is 400 g/mol. The topological polar surface area (TPSA) is 98.6 Å². The minimum absolute atomic E-state index is 0.211. The van der Waals surface area contributed by atoms with Gasteiger partial charge in [-0.25, -0.2) is 4.98 Å². The lowest BCUT2D eigenvalue weighted by Gasteiger charge is -2.09. The number of aromatic nitrogens is 6. The number of hydrogen-bond acceptors (Lipinski definition) is 7. The van der Waals surface area contributed by atoms with Gasteiger partial charge in [-0.15, -0.1) is 5.10 Å². The van der Waals surface area contributed by atoms with Gasteiger partial charge in [0.25, 0.3) is 5.56 Å². The molecule has 0 aliphatic rings. The summed E-state index contributed by atoms with van der Waals surface area (Å²) in [5.41, 5.74) is 1.06. The maximum atomic E-state index is 12.2. The first-order valence-corrected chi connectivity index (χ1v) is 9.25. The van der Waals surface area contributed by atoms with Crippen molar-refractivity contribution in [2.45, 2.75) is 10.9 Å². The second-order valence-corrected chi connectivity index (χ2v) is 6.89. The largest absolute Gasteiger partial charge is 0.494 e. The van der Waals surface area contributed by atoms with E-state index in [0.717, 1.165) is 5.69 Å². The van der Waals surface area contributed by atoms with Crippen LogP contribution in [0.4, 0.5) is 0 Å². The van der Waals surface area contributed by atoms with Crippen molar-refractivity contribution in [1.82, 2.24) is 30.2 Å². The summed E-state index contributed by atoms with van der Waals surface area (Å²) in [6, 6.07) is 12.4. The number of nitrogens with zero attached hydrogens (tertiary/aromatic N) is 5. The number of halogens is 1. The Morgan fingerprint density at radius 1 is 1.26 bits per heavy atom. The quantitative estimate of drug-likeness (QED) is 0.514. The third-order valence-electron chi connectivity index (χ3n) is 3.81. The zero-order chi connectivity index (χ0) is 18.8. The molecule has 0 radical (unpaired) electrons. The van der Waals surface area contributed by atoms with Crippen LogP contribution in [0.2, 0.25) is 5.02 Å². The molecule has 0 aliphatic heterocycles. The summed E-state index contributed by atoms with van der Waals surface area (Å²) in [6.07, 6.45) is 0. The molecule has 0 saturated heterocycles. The van der Waals surface area contributed by atoms with Gasteiger partial charge >= 0.3 is 0 Å². The van der Waals surface area contributed by atoms with E-state index in [1.165, 1.54) is 11.8 Å². The molecule has 0 atom stereocenters. The van der Waals surface area contributed by atoms with Crippen LogP contribution in [0.5, 0.6) is 5.75 Å². The molecule has 2 aromatic heterocycles. The van der Waals surface area contributed by atoms with Crippen molar-refractivity contribution in [3.63, 3.8) is 0 Å². The Bertz CT molecular complexity index is 1180. The minimum atomic E-state index is -0.211. The summed E-state index contributed by atoms with van der Waals surface area (Å²) in [5.74, 6) is 1.54. The number of fused-ring (bicyclic) bond motifs is 1. The van der Waals surface area contributed by atoms with Gasteiger partial charge in [0, 0.05) is 5.02 Å². The highest BCUT2D eigenvalue weighted by molar-refractivity contribution is 7.98. The van der Waals surface area contributed by atoms with Crippen LogP contribution in [-0.4, -0.2) is 37.3 Å². The van der Waals surface area contributed by atoms with Crippen molar-refractivity contribution in [3.05, 3.63) is 63.7 Å². The van der Waals surface area contributed by atoms with E-state index in [2.05, 4.69) is 25.5 Å². The summed E-state index contributed by atoms with van der Waals surface area (Å²) in [7, 11) is 1.59. The molecule has 2 aromatic carbocycles. The SMILES string of the molecule is COc1ccccc1-n1nnnc1SCc1nc2cc(Cl)ccc2c(=O)[nH]1. The molecule has 0 saturated carbocycles. The predicted octanol–water partition coefficient (Wildman–Crippen LogP) is 2.85. The summed E-state index contributed by atoms with van der Waals surface area (Å²) >= 11 is 7.35. The molecule has 8 nitrogen and oxygen atoms in total. The van der Waals surface area contributed by atoms with E-state index in [1.807, 2.05) is 24.3 Å². The lowest BCUT2D eigenvalue weighted by molar-refractivity contribution is 0.410. The molecule has 1 N–H and O–H groups in total. The molecular weight excluding hydrogens is 388 g/mol. The van der Waals surface area contributed by atoms with Crippen LogP contribution in [0.1, 0.15) is 5.82 Å². The molecule has 27 heavy (non-hydrogen) atoms. The van der Waals surface area contributed by atoms with Crippen molar-refractivity contribution in [3.8, 4) is 11.4 Å². The number of tetrazole rings is 1. The van der Waals surface area contributed by atoms with Gasteiger partial charge in [0.15, 0.2) is 0 Å². The Kier molecular flexibility index (Phi) is 4.78. The van der Waals surface area contributed by atoms with Gasteiger partial charge in [0.2, 0.25) is 5.16 Å². The smallest absolute Gasteiger partial charge is 0.258 e. The number of rotatable bonds is 5. The number of thioether (sulfide) groups is 1. The van der Waals surface area contributed by atoms with Crippen LogP contribution in [-0.2, 0) is 5.75 Å². The van der Waals surface area contributed by atoms with Crippen LogP contribution < -0.4 is 10.3 Å². The summed E-state index contributed by atoms with van der Waals surface area (Å²) < 4.78 is 6.95. The third-order valence-corrected chi connectivity index (χ3v) is 4.98. The van der Waals surface area contributed by atoms with Gasteiger partial charge in [0.05, 0.1) is 23.8 Å². The molecule has 0 spiro atoms. The number of methoxy groups -OCH3 is 1. The Balaban J connectivity index is 1.63. The molecule has 4 aromatic rings. The van der Waals surface area contributed by atoms with Crippen LogP contribution in [0.25, 0.3) is 16.6 Å². The second-order valence-electron chi connectivity index (χ2n) is 5.51. The van der Waals surface area contributed by atoms with E-state index in [4.69, 9.17) is 16.3 Å². The number of H-pyrrole nitrogens is 1. The van der Waals surface area contributed by atoms with E-state index >= 15 is 0 Å². The molecular formula is C17H13ClN6O2S. The van der Waals surface area contributed by atoms with Gasteiger partial charge in [-0.2, -0.15) is 4.68 Å². The van der Waals surface area contributed by atoms with Crippen molar-refractivity contribution in [2.75, 3.05) is 7.11 Å². The first-order chi connectivity index (χ1) is 13.2. The van der Waals surface area contributed by atoms with E-state index in [9.17, 15) is 4.79 Å². The van der Waals surface area contributed by atoms with Gasteiger partial charge in [0.1, 0.15) is 17.3 Å². The van der Waals surface area contributed by atoms with Crippen LogP contribution >= 0.6 is 23.4 Å². The normalized spacial score (nSPS) is 11.0. The summed E-state index contributed by atoms with van der Waals surface area (Å²) in [5, 5.41) is 13.4. The number of nitrogens with one attached hydrogen (secondary N) is 1. The zero-order valence-corrected chi connectivity index (χ0v) is 15.7. The lowest BCUT2D eigenvalue weighted by Crippen LogP contribution is -2.11. The predicted molar refractivity (Wildman–Crippen MR) is 103 cm³/mol. The maximum Gasteiger partial charge on any atom is 0.258 e. The Labute approximate surface area is 162 Å². The summed E-state index contributed by atoms with van der Waals surface area (Å²) in [4.78, 5) is 19.5. The highest BCUT2D eigenvalue weighted by Crippen LogP contribution is 2.26. The highest BCUT2D eigenvalue weighted by Gasteiger charge is 2.14. The van der Waals surface area contributed by atoms with Gasteiger partial charge < -0.3 is 9.72 Å². The van der Waals surface area contributed by atoms with Crippen LogP contribution in [0, 0.1) is 0 Å². The summed E-state index contributed by atoms with van der Waals surface area (Å²) in [6.45, 7) is 0. The van der Waals surface area contributed by atoms with E-state index < -0.39 is 0 Å². The van der Waals surface area contributed by atoms with E-state index in [-0.39, 0.29) is 5.56 Å². The Morgan fingerprint density at radius 3 is 2.96 bits per heavy atom. The molecule has 10 heteroatoms. The van der Waals surface area contributed by atoms with Crippen molar-refractivity contribution < 1.29 is 4.74 Å². The molecule has 2 heterocycles. The third kappa shape index (κ3) is 3.51. The van der Waals surface area contributed by atoms with Crippen molar-refractivity contribution >= 4 is 34.3 Å². The fourth-order valence-corrected chi connectivity index (χ4v) is 3.51. The number of aromatic amines is 1. The lowest BCUT2D eigenvalue weighted by atomic mass is 10.2. The van der Waals surface area contributed by atoms with Crippen molar-refractivity contribution in [2.24, 2.45) is 0 Å². The average Bonchev–Trinajstić information content (AvgIpc) is 3.14. The average molecular weight is 401 g/mol. The zero-order valence-electron chi connectivity index (χ0n) is 14.1. The number of para-hydroxylation sites is 2. The van der Waals surface area contributed by atoms with Crippen molar-refractivity contribution in [1.29, 1.82) is 0 Å². The minimum Gasteiger partial charge on any atom is -0.494 e. The van der Waals surface area contributed by atoms with Gasteiger partial charge in [-0.05, 0) is 40.8 Å². The number of hydrogen-bond donors (Lipinski definition) is 1. The molecule has 136 valence electrons. The fourth-order valence-electron chi connectivity index (χ4n) is 2.59. The molecule has 0 amide bonds. The van der Waals surface area contributed by atoms with Gasteiger partial charge in [-0.3, -0.25) is 4.79 Å². The van der Waals surface area contributed by atoms with Crippen LogP contribution in [0.3, 0.4) is 0 Å². The number of ether oxygens (including phenoxy) is 1. The maximum absolute atomic E-state index is 12.2. The molecule has 0 unspecified atom stereocenters. The fraction of sp³-hybridized carbons (Fsp3) is 0.118. The molecule has 0 fully saturated rings. The molecule has 4 rings (SSSR count). The first kappa shape index (κ1) is 17.5. The molecule has 0 aliphatic carbocycles. The standard InChI is InChI=1S/C17H13ClN6O2S/c1-26-14-5-3-2-4-13(14)24-17(21-22-23-24)27-9-15-19-12-8-10(18)6-7-11(12)16(25)20-15/h2-8H,9H2,1H3,(H,19,20,25). The highest BCUT2D eigenvalue weighted by atomic mass is 35.5. The van der Waals surface area contributed by atoms with E-state index in [0.29, 0.717) is 38.4 Å². The Hall–Kier alpha value is -2.91. The second kappa shape index (κ2) is 7.37. The first-order valence-electron chi connectivity index (χ1n) is 7.89. The number of benzene rings is 2. The van der Waals surface area contributed by atoms with Gasteiger partial charge in [-0.1, -0.05) is 35.5 Å². The Morgan fingerprint density at radius 2 is 2.11 bits per heavy atom.